The van der Waals surface area contributed by atoms with Crippen molar-refractivity contribution in [2.24, 2.45) is 5.92 Å². The van der Waals surface area contributed by atoms with E-state index in [0.29, 0.717) is 36.2 Å². The number of carbonyl (C=O) groups is 2. The molecule has 0 spiro atoms. The summed E-state index contributed by atoms with van der Waals surface area (Å²) in [5.74, 6) is -1.59. The number of hydrogen-bond acceptors (Lipinski definition) is 5. The summed E-state index contributed by atoms with van der Waals surface area (Å²) in [6, 6.07) is 15.8. The van der Waals surface area contributed by atoms with Crippen molar-refractivity contribution in [3.05, 3.63) is 95.6 Å². The molecule has 0 aliphatic carbocycles. The largest absolute Gasteiger partial charge is 0.348 e. The van der Waals surface area contributed by atoms with Crippen molar-refractivity contribution >= 4 is 27.5 Å². The number of piperidine rings is 1. The van der Waals surface area contributed by atoms with Crippen LogP contribution in [-0.2, 0) is 27.1 Å². The van der Waals surface area contributed by atoms with Crippen LogP contribution in [0, 0.1) is 11.7 Å². The quantitative estimate of drug-likeness (QED) is 0.483. The zero-order valence-corrected chi connectivity index (χ0v) is 20.4. The van der Waals surface area contributed by atoms with Crippen LogP contribution in [0.2, 0.25) is 0 Å². The van der Waals surface area contributed by atoms with Gasteiger partial charge in [0.15, 0.2) is 0 Å². The van der Waals surface area contributed by atoms with Crippen molar-refractivity contribution in [1.82, 2.24) is 14.6 Å². The number of halogens is 1. The molecule has 1 saturated heterocycles. The molecule has 2 aromatic carbocycles. The second-order valence-electron chi connectivity index (χ2n) is 8.63. The minimum Gasteiger partial charge on any atom is -0.348 e. The van der Waals surface area contributed by atoms with Gasteiger partial charge in [-0.15, -0.1) is 0 Å². The average Bonchev–Trinajstić information content (AvgIpc) is 2.89. The van der Waals surface area contributed by atoms with Crippen LogP contribution in [0.1, 0.15) is 34.3 Å². The molecule has 3 aromatic rings. The van der Waals surface area contributed by atoms with Gasteiger partial charge in [-0.3, -0.25) is 14.6 Å². The third-order valence-electron chi connectivity index (χ3n) is 6.09. The van der Waals surface area contributed by atoms with Gasteiger partial charge in [-0.1, -0.05) is 30.3 Å². The minimum absolute atomic E-state index is 0.217. The molecule has 188 valence electrons. The number of aromatic nitrogens is 1. The molecule has 36 heavy (non-hydrogen) atoms. The van der Waals surface area contributed by atoms with Crippen LogP contribution in [-0.4, -0.2) is 42.6 Å². The maximum Gasteiger partial charge on any atom is 0.253 e. The van der Waals surface area contributed by atoms with Crippen LogP contribution in [0.5, 0.6) is 0 Å². The van der Waals surface area contributed by atoms with Crippen molar-refractivity contribution in [3.63, 3.8) is 0 Å². The van der Waals surface area contributed by atoms with E-state index in [2.05, 4.69) is 15.6 Å². The van der Waals surface area contributed by atoms with Gasteiger partial charge in [-0.2, -0.15) is 0 Å². The molecule has 4 rings (SSSR count). The Kier molecular flexibility index (Phi) is 8.07. The third kappa shape index (κ3) is 6.52. The first-order valence-electron chi connectivity index (χ1n) is 11.6. The first-order valence-corrected chi connectivity index (χ1v) is 13.2. The smallest absolute Gasteiger partial charge is 0.253 e. The summed E-state index contributed by atoms with van der Waals surface area (Å²) in [4.78, 5) is 29.7. The minimum atomic E-state index is -3.58. The Balaban J connectivity index is 1.33. The lowest BCUT2D eigenvalue weighted by atomic mass is 9.97. The summed E-state index contributed by atoms with van der Waals surface area (Å²) >= 11 is 0. The van der Waals surface area contributed by atoms with E-state index < -0.39 is 15.8 Å². The van der Waals surface area contributed by atoms with Gasteiger partial charge in [0.05, 0.1) is 17.0 Å². The molecule has 0 bridgehead atoms. The Labute approximate surface area is 209 Å². The molecule has 1 aromatic heterocycles. The van der Waals surface area contributed by atoms with Gasteiger partial charge in [-0.05, 0) is 54.3 Å². The van der Waals surface area contributed by atoms with E-state index in [1.165, 1.54) is 28.6 Å². The first kappa shape index (κ1) is 25.5. The molecule has 1 aliphatic rings. The number of anilines is 1. The highest BCUT2D eigenvalue weighted by atomic mass is 32.2. The summed E-state index contributed by atoms with van der Waals surface area (Å²) in [6.07, 6.45) is 4.05. The lowest BCUT2D eigenvalue weighted by molar-refractivity contribution is -0.120. The number of benzene rings is 2. The molecule has 0 radical (unpaired) electrons. The van der Waals surface area contributed by atoms with E-state index in [1.807, 2.05) is 6.07 Å². The van der Waals surface area contributed by atoms with Crippen LogP contribution in [0.4, 0.5) is 10.1 Å². The molecule has 2 N–H and O–H groups in total. The van der Waals surface area contributed by atoms with Crippen LogP contribution in [0.15, 0.2) is 73.1 Å². The fourth-order valence-electron chi connectivity index (χ4n) is 4.08. The van der Waals surface area contributed by atoms with Gasteiger partial charge in [0.1, 0.15) is 5.82 Å². The van der Waals surface area contributed by atoms with Crippen molar-refractivity contribution in [1.29, 1.82) is 0 Å². The predicted molar refractivity (Wildman–Crippen MR) is 134 cm³/mol. The van der Waals surface area contributed by atoms with E-state index in [1.54, 1.807) is 42.7 Å². The van der Waals surface area contributed by atoms with E-state index >= 15 is 0 Å². The van der Waals surface area contributed by atoms with Gasteiger partial charge in [0.25, 0.3) is 5.91 Å². The summed E-state index contributed by atoms with van der Waals surface area (Å²) in [6.45, 7) is 0.740. The third-order valence-corrected chi connectivity index (χ3v) is 7.94. The summed E-state index contributed by atoms with van der Waals surface area (Å²) in [5, 5.41) is 5.67. The second kappa shape index (κ2) is 11.4. The number of carbonyl (C=O) groups excluding carboxylic acids is 2. The Hall–Kier alpha value is -3.63. The summed E-state index contributed by atoms with van der Waals surface area (Å²) < 4.78 is 40.0. The van der Waals surface area contributed by atoms with Crippen molar-refractivity contribution in [3.8, 4) is 0 Å². The topological polar surface area (TPSA) is 108 Å². The molecule has 0 saturated carbocycles. The molecule has 0 atom stereocenters. The highest BCUT2D eigenvalue weighted by Crippen LogP contribution is 2.24. The number of hydrogen-bond donors (Lipinski definition) is 2. The number of amides is 2. The Morgan fingerprint density at radius 2 is 1.69 bits per heavy atom. The number of para-hydroxylation sites is 1. The summed E-state index contributed by atoms with van der Waals surface area (Å²) in [7, 11) is -3.58. The van der Waals surface area contributed by atoms with Crippen LogP contribution in [0.25, 0.3) is 0 Å². The molecule has 0 unspecified atom stereocenters. The van der Waals surface area contributed by atoms with Crippen LogP contribution < -0.4 is 10.6 Å². The standard InChI is InChI=1S/C26H27FN4O4S/c27-22-9-7-19(8-10-22)18-36(34,35)31-14-11-21(12-15-31)25(32)30-24-6-2-1-5-23(24)26(33)29-17-20-4-3-13-28-16-20/h1-10,13,16,21H,11-12,14-15,17-18H2,(H,29,33)(H,30,32). The number of sulfonamides is 1. The van der Waals surface area contributed by atoms with Crippen molar-refractivity contribution in [2.75, 3.05) is 18.4 Å². The number of nitrogens with one attached hydrogen (secondary N) is 2. The van der Waals surface area contributed by atoms with Gasteiger partial charge < -0.3 is 10.6 Å². The molecule has 2 heterocycles. The number of nitrogens with zero attached hydrogens (tertiary/aromatic N) is 2. The molecule has 10 heteroatoms. The zero-order chi connectivity index (χ0) is 25.5. The van der Waals surface area contributed by atoms with E-state index in [4.69, 9.17) is 0 Å². The van der Waals surface area contributed by atoms with Gasteiger partial charge >= 0.3 is 0 Å². The van der Waals surface area contributed by atoms with Crippen molar-refractivity contribution < 1.29 is 22.4 Å². The highest BCUT2D eigenvalue weighted by Gasteiger charge is 2.31. The van der Waals surface area contributed by atoms with E-state index in [-0.39, 0.29) is 36.6 Å². The van der Waals surface area contributed by atoms with E-state index in [9.17, 15) is 22.4 Å². The van der Waals surface area contributed by atoms with Crippen molar-refractivity contribution in [2.45, 2.75) is 25.1 Å². The Morgan fingerprint density at radius 1 is 0.972 bits per heavy atom. The number of rotatable bonds is 8. The molecular weight excluding hydrogens is 483 g/mol. The summed E-state index contributed by atoms with van der Waals surface area (Å²) in [5.41, 5.74) is 2.11. The Bertz CT molecular complexity index is 1310. The normalized spacial score (nSPS) is 14.8. The molecule has 8 nitrogen and oxygen atoms in total. The highest BCUT2D eigenvalue weighted by molar-refractivity contribution is 7.88. The zero-order valence-electron chi connectivity index (χ0n) is 19.6. The first-order chi connectivity index (χ1) is 17.3. The fourth-order valence-corrected chi connectivity index (χ4v) is 5.65. The number of pyridine rings is 1. The van der Waals surface area contributed by atoms with Crippen LogP contribution >= 0.6 is 0 Å². The Morgan fingerprint density at radius 3 is 2.39 bits per heavy atom. The lowest BCUT2D eigenvalue weighted by Crippen LogP contribution is -2.42. The fraction of sp³-hybridized carbons (Fsp3) is 0.269. The molecule has 2 amide bonds. The van der Waals surface area contributed by atoms with Gasteiger partial charge in [-0.25, -0.2) is 17.1 Å². The maximum atomic E-state index is 13.1. The van der Waals surface area contributed by atoms with E-state index in [0.717, 1.165) is 5.56 Å². The molecule has 1 aliphatic heterocycles. The predicted octanol–water partition coefficient (Wildman–Crippen LogP) is 3.33. The van der Waals surface area contributed by atoms with Gasteiger partial charge in [0.2, 0.25) is 15.9 Å². The lowest BCUT2D eigenvalue weighted by Gasteiger charge is -2.30. The molecule has 1 fully saturated rings. The second-order valence-corrected chi connectivity index (χ2v) is 10.6. The average molecular weight is 511 g/mol. The molecular formula is C26H27FN4O4S. The maximum absolute atomic E-state index is 13.1. The monoisotopic (exact) mass is 510 g/mol. The van der Waals surface area contributed by atoms with Crippen LogP contribution in [0.3, 0.4) is 0 Å². The SMILES string of the molecule is O=C(NCc1cccnc1)c1ccccc1NC(=O)C1CCN(S(=O)(=O)Cc2ccc(F)cc2)CC1. The van der Waals surface area contributed by atoms with Gasteiger partial charge in [0, 0.05) is 37.9 Å².